The molecule has 1 N–H and O–H groups in total. The molecule has 2 aromatic heterocycles. The Hall–Kier alpha value is -2.12. The van der Waals surface area contributed by atoms with E-state index in [1.807, 2.05) is 48.0 Å². The van der Waals surface area contributed by atoms with Crippen molar-refractivity contribution < 1.29 is 9.59 Å². The predicted octanol–water partition coefficient (Wildman–Crippen LogP) is 3.16. The van der Waals surface area contributed by atoms with Crippen molar-refractivity contribution in [2.45, 2.75) is 19.4 Å². The van der Waals surface area contributed by atoms with Crippen LogP contribution >= 0.6 is 23.1 Å². The topological polar surface area (TPSA) is 64.0 Å². The maximum Gasteiger partial charge on any atom is 0.262 e. The number of amides is 1. The van der Waals surface area contributed by atoms with Crippen LogP contribution in [0.4, 0.5) is 0 Å². The maximum absolute atomic E-state index is 12.5. The second-order valence-electron chi connectivity index (χ2n) is 5.64. The van der Waals surface area contributed by atoms with Crippen molar-refractivity contribution in [3.05, 3.63) is 47.0 Å². The monoisotopic (exact) mass is 357 g/mol. The van der Waals surface area contributed by atoms with Crippen LogP contribution < -0.4 is 5.32 Å². The molecule has 1 amide bonds. The SMILES string of the molecule is Cc1nn(-c2ccccc2)c2sc(C(=O)N[C@@H]3CCSC3=O)cc12. The Kier molecular flexibility index (Phi) is 3.90. The van der Waals surface area contributed by atoms with Gasteiger partial charge in [-0.05, 0) is 31.5 Å². The van der Waals surface area contributed by atoms with E-state index < -0.39 is 0 Å². The zero-order valence-corrected chi connectivity index (χ0v) is 14.6. The van der Waals surface area contributed by atoms with E-state index in [9.17, 15) is 9.59 Å². The molecule has 4 rings (SSSR count). The summed E-state index contributed by atoms with van der Waals surface area (Å²) in [6.07, 6.45) is 0.705. The average Bonchev–Trinajstić information content (AvgIpc) is 3.26. The lowest BCUT2D eigenvalue weighted by Crippen LogP contribution is -2.36. The number of hydrogen-bond acceptors (Lipinski definition) is 5. The summed E-state index contributed by atoms with van der Waals surface area (Å²) in [7, 11) is 0. The maximum atomic E-state index is 12.5. The zero-order valence-electron chi connectivity index (χ0n) is 13.0. The molecule has 24 heavy (non-hydrogen) atoms. The fourth-order valence-corrected chi connectivity index (χ4v) is 4.78. The van der Waals surface area contributed by atoms with Crippen molar-refractivity contribution in [2.24, 2.45) is 0 Å². The van der Waals surface area contributed by atoms with Gasteiger partial charge in [0, 0.05) is 11.1 Å². The third kappa shape index (κ3) is 2.63. The third-order valence-corrected chi connectivity index (χ3v) is 6.13. The third-order valence-electron chi connectivity index (χ3n) is 4.01. The first kappa shape index (κ1) is 15.4. The van der Waals surface area contributed by atoms with Crippen LogP contribution in [0.15, 0.2) is 36.4 Å². The normalized spacial score (nSPS) is 17.5. The summed E-state index contributed by atoms with van der Waals surface area (Å²) in [4.78, 5) is 25.7. The van der Waals surface area contributed by atoms with E-state index in [4.69, 9.17) is 0 Å². The summed E-state index contributed by atoms with van der Waals surface area (Å²) < 4.78 is 1.86. The highest BCUT2D eigenvalue weighted by Crippen LogP contribution is 2.30. The number of nitrogens with one attached hydrogen (secondary N) is 1. The van der Waals surface area contributed by atoms with Crippen LogP contribution in [0.5, 0.6) is 0 Å². The van der Waals surface area contributed by atoms with Gasteiger partial charge in [0.05, 0.1) is 22.3 Å². The molecule has 1 fully saturated rings. The molecule has 1 aliphatic heterocycles. The number of carbonyl (C=O) groups excluding carboxylic acids is 2. The molecular formula is C17H15N3O2S2. The molecule has 0 aliphatic carbocycles. The van der Waals surface area contributed by atoms with Crippen LogP contribution in [0, 0.1) is 6.92 Å². The first-order valence-corrected chi connectivity index (χ1v) is 9.46. The zero-order chi connectivity index (χ0) is 16.7. The molecule has 1 aliphatic rings. The number of thiophene rings is 1. The summed E-state index contributed by atoms with van der Waals surface area (Å²) in [5.41, 5.74) is 1.85. The smallest absolute Gasteiger partial charge is 0.262 e. The van der Waals surface area contributed by atoms with E-state index in [1.165, 1.54) is 23.1 Å². The molecule has 0 unspecified atom stereocenters. The summed E-state index contributed by atoms with van der Waals surface area (Å²) in [5.74, 6) is 0.592. The number of aryl methyl sites for hydroxylation is 1. The number of carbonyl (C=O) groups is 2. The van der Waals surface area contributed by atoms with Crippen molar-refractivity contribution in [3.63, 3.8) is 0 Å². The molecule has 5 nitrogen and oxygen atoms in total. The number of nitrogens with zero attached hydrogens (tertiary/aromatic N) is 2. The number of aromatic nitrogens is 2. The van der Waals surface area contributed by atoms with E-state index in [0.29, 0.717) is 11.3 Å². The van der Waals surface area contributed by atoms with Crippen LogP contribution in [0.25, 0.3) is 15.9 Å². The molecule has 3 aromatic rings. The minimum Gasteiger partial charge on any atom is -0.341 e. The Labute approximate surface area is 147 Å². The van der Waals surface area contributed by atoms with Gasteiger partial charge in [0.15, 0.2) is 0 Å². The van der Waals surface area contributed by atoms with Gasteiger partial charge in [-0.15, -0.1) is 11.3 Å². The Morgan fingerprint density at radius 1 is 1.33 bits per heavy atom. The molecule has 122 valence electrons. The molecule has 0 radical (unpaired) electrons. The van der Waals surface area contributed by atoms with Gasteiger partial charge in [-0.2, -0.15) is 5.10 Å². The first-order chi connectivity index (χ1) is 11.6. The number of fused-ring (bicyclic) bond motifs is 1. The van der Waals surface area contributed by atoms with Gasteiger partial charge in [0.2, 0.25) is 5.12 Å². The second-order valence-corrected chi connectivity index (χ2v) is 7.77. The quantitative estimate of drug-likeness (QED) is 0.782. The average molecular weight is 357 g/mol. The standard InChI is InChI=1S/C17H15N3O2S2/c1-10-12-9-14(15(21)18-13-7-8-23-17(13)22)24-16(12)20(19-10)11-5-3-2-4-6-11/h2-6,9,13H,7-8H2,1H3,(H,18,21)/t13-/m1/s1. The lowest BCUT2D eigenvalue weighted by atomic mass is 10.2. The highest BCUT2D eigenvalue weighted by molar-refractivity contribution is 8.14. The highest BCUT2D eigenvalue weighted by atomic mass is 32.2. The number of benzene rings is 1. The second kappa shape index (κ2) is 6.07. The minimum absolute atomic E-state index is 0.0519. The molecule has 0 spiro atoms. The van der Waals surface area contributed by atoms with Gasteiger partial charge < -0.3 is 5.32 Å². The van der Waals surface area contributed by atoms with Gasteiger partial charge in [-0.3, -0.25) is 9.59 Å². The van der Waals surface area contributed by atoms with Crippen LogP contribution in [-0.2, 0) is 4.79 Å². The van der Waals surface area contributed by atoms with E-state index in [1.54, 1.807) is 0 Å². The summed E-state index contributed by atoms with van der Waals surface area (Å²) in [6, 6.07) is 11.4. The Bertz CT molecular complexity index is 930. The molecule has 1 saturated heterocycles. The van der Waals surface area contributed by atoms with E-state index in [2.05, 4.69) is 10.4 Å². The van der Waals surface area contributed by atoms with Crippen molar-refractivity contribution >= 4 is 44.3 Å². The lowest BCUT2D eigenvalue weighted by Gasteiger charge is -2.08. The van der Waals surface area contributed by atoms with Crippen LogP contribution in [-0.4, -0.2) is 32.6 Å². The van der Waals surface area contributed by atoms with E-state index in [-0.39, 0.29) is 17.1 Å². The van der Waals surface area contributed by atoms with E-state index >= 15 is 0 Å². The van der Waals surface area contributed by atoms with E-state index in [0.717, 1.165) is 27.4 Å². The Morgan fingerprint density at radius 3 is 2.83 bits per heavy atom. The highest BCUT2D eigenvalue weighted by Gasteiger charge is 2.28. The molecule has 3 heterocycles. The van der Waals surface area contributed by atoms with Crippen LogP contribution in [0.2, 0.25) is 0 Å². The van der Waals surface area contributed by atoms with Gasteiger partial charge >= 0.3 is 0 Å². The lowest BCUT2D eigenvalue weighted by molar-refractivity contribution is -0.112. The number of rotatable bonds is 3. The van der Waals surface area contributed by atoms with Gasteiger partial charge in [0.1, 0.15) is 4.83 Å². The van der Waals surface area contributed by atoms with Crippen LogP contribution in [0.3, 0.4) is 0 Å². The minimum atomic E-state index is -0.362. The van der Waals surface area contributed by atoms with Gasteiger partial charge in [-0.25, -0.2) is 4.68 Å². The van der Waals surface area contributed by atoms with Crippen LogP contribution in [0.1, 0.15) is 21.8 Å². The van der Waals surface area contributed by atoms with Crippen molar-refractivity contribution in [2.75, 3.05) is 5.75 Å². The Morgan fingerprint density at radius 2 is 2.12 bits per heavy atom. The van der Waals surface area contributed by atoms with Crippen molar-refractivity contribution in [3.8, 4) is 5.69 Å². The van der Waals surface area contributed by atoms with Gasteiger partial charge in [0.25, 0.3) is 5.91 Å². The summed E-state index contributed by atoms with van der Waals surface area (Å²) in [5, 5.41) is 8.44. The number of hydrogen-bond donors (Lipinski definition) is 1. The fourth-order valence-electron chi connectivity index (χ4n) is 2.76. The number of thioether (sulfide) groups is 1. The fraction of sp³-hybridized carbons (Fsp3) is 0.235. The summed E-state index contributed by atoms with van der Waals surface area (Å²) >= 11 is 2.69. The molecule has 7 heteroatoms. The molecule has 0 bridgehead atoms. The van der Waals surface area contributed by atoms with Crippen molar-refractivity contribution in [1.29, 1.82) is 0 Å². The predicted molar refractivity (Wildman–Crippen MR) is 97.0 cm³/mol. The summed E-state index contributed by atoms with van der Waals surface area (Å²) in [6.45, 7) is 1.94. The Balaban J connectivity index is 1.68. The van der Waals surface area contributed by atoms with Gasteiger partial charge in [-0.1, -0.05) is 30.0 Å². The molecule has 1 aromatic carbocycles. The number of para-hydroxylation sites is 1. The molecular weight excluding hydrogens is 342 g/mol. The first-order valence-electron chi connectivity index (χ1n) is 7.65. The molecule has 0 saturated carbocycles. The largest absolute Gasteiger partial charge is 0.341 e. The molecule has 1 atom stereocenters. The van der Waals surface area contributed by atoms with Crippen molar-refractivity contribution in [1.82, 2.24) is 15.1 Å².